The van der Waals surface area contributed by atoms with E-state index in [1.807, 2.05) is 12.1 Å². The van der Waals surface area contributed by atoms with E-state index in [2.05, 4.69) is 23.3 Å². The number of rotatable bonds is 4. The number of H-pyrrole nitrogens is 1. The second-order valence-electron chi connectivity index (χ2n) is 8.29. The number of benzene rings is 1. The van der Waals surface area contributed by atoms with Crippen molar-refractivity contribution in [2.24, 2.45) is 11.7 Å². The van der Waals surface area contributed by atoms with Crippen LogP contribution in [0.1, 0.15) is 85.9 Å². The maximum absolute atomic E-state index is 12.7. The molecule has 4 heteroatoms. The van der Waals surface area contributed by atoms with Gasteiger partial charge in [-0.05, 0) is 55.4 Å². The molecule has 4 nitrogen and oxygen atoms in total. The maximum Gasteiger partial charge on any atom is 0.251 e. The summed E-state index contributed by atoms with van der Waals surface area (Å²) in [4.78, 5) is 16.3. The molecule has 1 aromatic carbocycles. The van der Waals surface area contributed by atoms with E-state index < -0.39 is 0 Å². The van der Waals surface area contributed by atoms with Crippen LogP contribution >= 0.6 is 0 Å². The van der Waals surface area contributed by atoms with E-state index in [0.29, 0.717) is 12.0 Å². The smallest absolute Gasteiger partial charge is 0.251 e. The predicted octanol–water partition coefficient (Wildman–Crippen LogP) is 4.59. The normalized spacial score (nSPS) is 23.8. The van der Waals surface area contributed by atoms with Gasteiger partial charge in [-0.25, -0.2) is 0 Å². The minimum absolute atomic E-state index is 0.0685. The molecule has 2 atom stereocenters. The molecule has 0 saturated heterocycles. The number of hydrogen-bond acceptors (Lipinski definition) is 2. The van der Waals surface area contributed by atoms with Gasteiger partial charge in [-0.3, -0.25) is 4.79 Å². The Morgan fingerprint density at radius 3 is 2.85 bits per heavy atom. The van der Waals surface area contributed by atoms with Crippen molar-refractivity contribution >= 4 is 16.8 Å². The van der Waals surface area contributed by atoms with Crippen molar-refractivity contribution in [1.82, 2.24) is 10.3 Å². The van der Waals surface area contributed by atoms with Gasteiger partial charge in [-0.2, -0.15) is 0 Å². The summed E-state index contributed by atoms with van der Waals surface area (Å²) in [7, 11) is 0. The zero-order valence-electron chi connectivity index (χ0n) is 15.8. The summed E-state index contributed by atoms with van der Waals surface area (Å²) in [6.45, 7) is 2.24. The van der Waals surface area contributed by atoms with E-state index in [0.717, 1.165) is 36.8 Å². The zero-order valence-corrected chi connectivity index (χ0v) is 15.8. The number of nitrogens with one attached hydrogen (secondary N) is 2. The van der Waals surface area contributed by atoms with Crippen LogP contribution in [0.25, 0.3) is 10.9 Å². The number of hydrogen-bond donors (Lipinski definition) is 3. The minimum Gasteiger partial charge on any atom is -0.357 e. The molecular formula is C22H31N3O. The monoisotopic (exact) mass is 353 g/mol. The largest absolute Gasteiger partial charge is 0.357 e. The number of carbonyl (C=O) groups excluding carboxylic acids is 1. The van der Waals surface area contributed by atoms with Gasteiger partial charge in [0.25, 0.3) is 5.91 Å². The van der Waals surface area contributed by atoms with Gasteiger partial charge in [0, 0.05) is 34.2 Å². The first-order valence-electron chi connectivity index (χ1n) is 10.4. The first kappa shape index (κ1) is 17.6. The molecule has 1 aromatic heterocycles. The third-order valence-electron chi connectivity index (χ3n) is 6.29. The quantitative estimate of drug-likeness (QED) is 0.752. The lowest BCUT2D eigenvalue weighted by Gasteiger charge is -2.27. The van der Waals surface area contributed by atoms with Gasteiger partial charge < -0.3 is 16.0 Å². The summed E-state index contributed by atoms with van der Waals surface area (Å²) >= 11 is 0. The van der Waals surface area contributed by atoms with Crippen LogP contribution in [0.2, 0.25) is 0 Å². The third-order valence-corrected chi connectivity index (χ3v) is 6.29. The Hall–Kier alpha value is -1.81. The van der Waals surface area contributed by atoms with Gasteiger partial charge in [-0.1, -0.05) is 39.0 Å². The Labute approximate surface area is 155 Å². The first-order valence-corrected chi connectivity index (χ1v) is 10.4. The fourth-order valence-electron chi connectivity index (χ4n) is 4.94. The van der Waals surface area contributed by atoms with Crippen LogP contribution in [0.15, 0.2) is 18.2 Å². The number of fused-ring (bicyclic) bond motifs is 3. The van der Waals surface area contributed by atoms with Gasteiger partial charge in [-0.15, -0.1) is 0 Å². The van der Waals surface area contributed by atoms with Crippen molar-refractivity contribution in [1.29, 1.82) is 0 Å². The Kier molecular flexibility index (Phi) is 5.03. The number of carbonyl (C=O) groups is 1. The lowest BCUT2D eigenvalue weighted by molar-refractivity contribution is 0.0928. The van der Waals surface area contributed by atoms with Crippen molar-refractivity contribution in [3.8, 4) is 0 Å². The fraction of sp³-hybridized carbons (Fsp3) is 0.591. The molecule has 2 aliphatic carbocycles. The van der Waals surface area contributed by atoms with Crippen LogP contribution in [-0.2, 0) is 6.42 Å². The lowest BCUT2D eigenvalue weighted by atomic mass is 9.81. The molecule has 2 aromatic rings. The van der Waals surface area contributed by atoms with E-state index in [9.17, 15) is 4.79 Å². The highest BCUT2D eigenvalue weighted by molar-refractivity contribution is 5.99. The topological polar surface area (TPSA) is 70.9 Å². The molecule has 1 fully saturated rings. The molecule has 26 heavy (non-hydrogen) atoms. The Balaban J connectivity index is 1.60. The Morgan fingerprint density at radius 2 is 2.08 bits per heavy atom. The van der Waals surface area contributed by atoms with E-state index in [1.54, 1.807) is 0 Å². The van der Waals surface area contributed by atoms with Crippen LogP contribution < -0.4 is 11.1 Å². The summed E-state index contributed by atoms with van der Waals surface area (Å²) in [5.41, 5.74) is 10.8. The van der Waals surface area contributed by atoms with Crippen molar-refractivity contribution in [2.45, 2.75) is 76.8 Å². The van der Waals surface area contributed by atoms with E-state index in [1.165, 1.54) is 48.7 Å². The number of aromatic nitrogens is 1. The summed E-state index contributed by atoms with van der Waals surface area (Å²) < 4.78 is 0. The van der Waals surface area contributed by atoms with Gasteiger partial charge in [0.1, 0.15) is 0 Å². The standard InChI is InChI=1S/C22H31N3O/c1-2-6-14-11-18-17-13-15(22(26)24-16-7-4-3-5-8-16)9-10-20(17)25-21(18)19(23)12-14/h9-10,13-14,16,19,25H,2-8,11-12,23H2,1H3,(H,24,26). The van der Waals surface area contributed by atoms with Crippen LogP contribution in [0.4, 0.5) is 0 Å². The van der Waals surface area contributed by atoms with Crippen molar-refractivity contribution in [3.63, 3.8) is 0 Å². The SMILES string of the molecule is CCCC1Cc2c([nH]c3ccc(C(=O)NC4CCCCC4)cc23)C(N)C1. The molecule has 0 spiro atoms. The summed E-state index contributed by atoms with van der Waals surface area (Å²) in [5.74, 6) is 0.722. The summed E-state index contributed by atoms with van der Waals surface area (Å²) in [5, 5.41) is 4.42. The number of aromatic amines is 1. The van der Waals surface area contributed by atoms with Crippen LogP contribution in [0.3, 0.4) is 0 Å². The van der Waals surface area contributed by atoms with Gasteiger partial charge >= 0.3 is 0 Å². The highest BCUT2D eigenvalue weighted by Crippen LogP contribution is 2.38. The Morgan fingerprint density at radius 1 is 1.27 bits per heavy atom. The van der Waals surface area contributed by atoms with Crippen LogP contribution in [0.5, 0.6) is 0 Å². The molecule has 0 aliphatic heterocycles. The van der Waals surface area contributed by atoms with Crippen molar-refractivity contribution in [3.05, 3.63) is 35.0 Å². The van der Waals surface area contributed by atoms with E-state index in [4.69, 9.17) is 5.73 Å². The molecule has 0 bridgehead atoms. The molecule has 1 heterocycles. The van der Waals surface area contributed by atoms with Gasteiger partial charge in [0.05, 0.1) is 0 Å². The summed E-state index contributed by atoms with van der Waals surface area (Å²) in [6, 6.07) is 6.49. The van der Waals surface area contributed by atoms with E-state index in [-0.39, 0.29) is 11.9 Å². The predicted molar refractivity (Wildman–Crippen MR) is 106 cm³/mol. The average Bonchev–Trinajstić information content (AvgIpc) is 3.01. The molecule has 1 amide bonds. The molecule has 2 aliphatic rings. The second-order valence-corrected chi connectivity index (χ2v) is 8.29. The lowest BCUT2D eigenvalue weighted by Crippen LogP contribution is -2.36. The molecule has 2 unspecified atom stereocenters. The highest BCUT2D eigenvalue weighted by atomic mass is 16.1. The van der Waals surface area contributed by atoms with Crippen molar-refractivity contribution in [2.75, 3.05) is 0 Å². The number of nitrogens with two attached hydrogens (primary N) is 1. The van der Waals surface area contributed by atoms with Crippen LogP contribution in [-0.4, -0.2) is 16.9 Å². The molecule has 4 rings (SSSR count). The fourth-order valence-corrected chi connectivity index (χ4v) is 4.94. The molecule has 1 saturated carbocycles. The van der Waals surface area contributed by atoms with Crippen LogP contribution in [0, 0.1) is 5.92 Å². The average molecular weight is 354 g/mol. The third kappa shape index (κ3) is 3.39. The molecule has 4 N–H and O–H groups in total. The molecular weight excluding hydrogens is 322 g/mol. The van der Waals surface area contributed by atoms with Crippen molar-refractivity contribution < 1.29 is 4.79 Å². The summed E-state index contributed by atoms with van der Waals surface area (Å²) in [6.07, 6.45) is 10.5. The van der Waals surface area contributed by atoms with Gasteiger partial charge in [0.2, 0.25) is 0 Å². The molecule has 140 valence electrons. The van der Waals surface area contributed by atoms with Gasteiger partial charge in [0.15, 0.2) is 0 Å². The highest BCUT2D eigenvalue weighted by Gasteiger charge is 2.28. The second kappa shape index (κ2) is 7.43. The maximum atomic E-state index is 12.7. The minimum atomic E-state index is 0.0685. The first-order chi connectivity index (χ1) is 12.7. The number of amides is 1. The molecule has 0 radical (unpaired) electrons. The zero-order chi connectivity index (χ0) is 18.1. The Bertz CT molecular complexity index is 788. The van der Waals surface area contributed by atoms with E-state index >= 15 is 0 Å².